The van der Waals surface area contributed by atoms with E-state index in [1.807, 2.05) is 30.3 Å². The highest BCUT2D eigenvalue weighted by molar-refractivity contribution is 6.00. The maximum absolute atomic E-state index is 12.6. The van der Waals surface area contributed by atoms with Crippen LogP contribution < -0.4 is 5.32 Å². The number of amides is 1. The number of likely N-dealkylation sites (tertiary alicyclic amines) is 1. The Hall–Kier alpha value is -2.93. The fourth-order valence-electron chi connectivity index (χ4n) is 3.47. The molecular weight excluding hydrogens is 342 g/mol. The molecule has 3 heterocycles. The van der Waals surface area contributed by atoms with E-state index in [0.717, 1.165) is 25.2 Å². The molecule has 1 aromatic carbocycles. The van der Waals surface area contributed by atoms with Gasteiger partial charge in [0.2, 0.25) is 5.88 Å². The molecule has 2 aromatic heterocycles. The van der Waals surface area contributed by atoms with Gasteiger partial charge in [-0.2, -0.15) is 9.61 Å². The van der Waals surface area contributed by atoms with Crippen molar-refractivity contribution in [2.75, 3.05) is 26.2 Å². The van der Waals surface area contributed by atoms with Crippen LogP contribution in [0.3, 0.4) is 0 Å². The van der Waals surface area contributed by atoms with E-state index in [9.17, 15) is 9.90 Å². The third kappa shape index (κ3) is 3.78. The van der Waals surface area contributed by atoms with Gasteiger partial charge >= 0.3 is 0 Å². The van der Waals surface area contributed by atoms with E-state index in [4.69, 9.17) is 0 Å². The zero-order chi connectivity index (χ0) is 18.6. The third-order valence-corrected chi connectivity index (χ3v) is 4.93. The summed E-state index contributed by atoms with van der Waals surface area (Å²) in [7, 11) is 0. The zero-order valence-corrected chi connectivity index (χ0v) is 15.1. The van der Waals surface area contributed by atoms with Gasteiger partial charge in [0.25, 0.3) is 5.91 Å². The van der Waals surface area contributed by atoms with Crippen LogP contribution in [0.25, 0.3) is 16.9 Å². The van der Waals surface area contributed by atoms with Crippen molar-refractivity contribution >= 4 is 11.6 Å². The molecule has 4 rings (SSSR count). The average molecular weight is 365 g/mol. The predicted octanol–water partition coefficient (Wildman–Crippen LogP) is 2.32. The number of hydrogen-bond acceptors (Lipinski definition) is 5. The van der Waals surface area contributed by atoms with Gasteiger partial charge in [0.1, 0.15) is 5.56 Å². The number of hydrogen-bond donors (Lipinski definition) is 2. The number of carbonyl (C=O) groups is 1. The number of nitrogens with one attached hydrogen (secondary N) is 1. The molecule has 1 amide bonds. The van der Waals surface area contributed by atoms with E-state index >= 15 is 0 Å². The van der Waals surface area contributed by atoms with Gasteiger partial charge < -0.3 is 15.3 Å². The molecule has 140 valence electrons. The number of rotatable bonds is 5. The summed E-state index contributed by atoms with van der Waals surface area (Å²) in [5.74, 6) is -0.273. The van der Waals surface area contributed by atoms with Gasteiger partial charge in [-0.25, -0.2) is 4.98 Å². The SMILES string of the molecule is O=C(NCCN1CCCCC1)c1cnn2c(O)cc(-c3ccccc3)nc12. The summed E-state index contributed by atoms with van der Waals surface area (Å²) < 4.78 is 1.28. The highest BCUT2D eigenvalue weighted by atomic mass is 16.3. The quantitative estimate of drug-likeness (QED) is 0.725. The Morgan fingerprint density at radius 2 is 1.93 bits per heavy atom. The molecule has 7 heteroatoms. The van der Waals surface area contributed by atoms with Crippen LogP contribution in [0.4, 0.5) is 0 Å². The number of aromatic nitrogens is 3. The molecule has 0 spiro atoms. The molecule has 1 aliphatic rings. The fourth-order valence-corrected chi connectivity index (χ4v) is 3.47. The summed E-state index contributed by atoms with van der Waals surface area (Å²) in [6, 6.07) is 11.1. The molecule has 0 radical (unpaired) electrons. The smallest absolute Gasteiger partial charge is 0.256 e. The van der Waals surface area contributed by atoms with Crippen LogP contribution in [0.5, 0.6) is 5.88 Å². The van der Waals surface area contributed by atoms with Crippen LogP contribution in [0.2, 0.25) is 0 Å². The molecule has 1 fully saturated rings. The first-order chi connectivity index (χ1) is 13.2. The maximum Gasteiger partial charge on any atom is 0.256 e. The van der Waals surface area contributed by atoms with Crippen LogP contribution in [0, 0.1) is 0 Å². The van der Waals surface area contributed by atoms with Crippen molar-refractivity contribution in [1.82, 2.24) is 24.8 Å². The van der Waals surface area contributed by atoms with Crippen molar-refractivity contribution in [3.05, 3.63) is 48.2 Å². The molecule has 7 nitrogen and oxygen atoms in total. The molecule has 0 atom stereocenters. The highest BCUT2D eigenvalue weighted by Crippen LogP contribution is 2.24. The number of aromatic hydroxyl groups is 1. The van der Waals surface area contributed by atoms with Gasteiger partial charge in [-0.15, -0.1) is 0 Å². The van der Waals surface area contributed by atoms with E-state index in [-0.39, 0.29) is 11.8 Å². The largest absolute Gasteiger partial charge is 0.493 e. The second-order valence-corrected chi connectivity index (χ2v) is 6.82. The van der Waals surface area contributed by atoms with E-state index in [1.54, 1.807) is 6.07 Å². The Balaban J connectivity index is 1.52. The van der Waals surface area contributed by atoms with Crippen LogP contribution in [-0.4, -0.2) is 56.7 Å². The molecule has 0 aliphatic carbocycles. The predicted molar refractivity (Wildman–Crippen MR) is 103 cm³/mol. The summed E-state index contributed by atoms with van der Waals surface area (Å²) >= 11 is 0. The first-order valence-corrected chi connectivity index (χ1v) is 9.36. The van der Waals surface area contributed by atoms with Crippen molar-refractivity contribution in [3.8, 4) is 17.1 Å². The number of nitrogens with zero attached hydrogens (tertiary/aromatic N) is 4. The minimum Gasteiger partial charge on any atom is -0.493 e. The molecule has 3 aromatic rings. The summed E-state index contributed by atoms with van der Waals surface area (Å²) in [5, 5.41) is 17.3. The maximum atomic E-state index is 12.6. The molecule has 0 bridgehead atoms. The van der Waals surface area contributed by atoms with Gasteiger partial charge in [-0.05, 0) is 25.9 Å². The summed E-state index contributed by atoms with van der Waals surface area (Å²) in [5.41, 5.74) is 2.18. The Bertz CT molecular complexity index is 932. The van der Waals surface area contributed by atoms with Crippen molar-refractivity contribution in [2.24, 2.45) is 0 Å². The molecule has 0 unspecified atom stereocenters. The lowest BCUT2D eigenvalue weighted by Gasteiger charge is -2.26. The lowest BCUT2D eigenvalue weighted by Crippen LogP contribution is -2.37. The number of benzene rings is 1. The molecule has 0 saturated carbocycles. The molecular formula is C20H23N5O2. The summed E-state index contributed by atoms with van der Waals surface area (Å²) in [4.78, 5) is 19.5. The summed E-state index contributed by atoms with van der Waals surface area (Å²) in [6.45, 7) is 3.63. The third-order valence-electron chi connectivity index (χ3n) is 4.93. The Morgan fingerprint density at radius 3 is 2.70 bits per heavy atom. The van der Waals surface area contributed by atoms with Crippen LogP contribution in [0.1, 0.15) is 29.6 Å². The fraction of sp³-hybridized carbons (Fsp3) is 0.350. The number of carbonyl (C=O) groups excluding carboxylic acids is 1. The monoisotopic (exact) mass is 365 g/mol. The molecule has 2 N–H and O–H groups in total. The average Bonchev–Trinajstić information content (AvgIpc) is 3.14. The highest BCUT2D eigenvalue weighted by Gasteiger charge is 2.18. The molecule has 27 heavy (non-hydrogen) atoms. The van der Waals surface area contributed by atoms with Gasteiger partial charge in [-0.1, -0.05) is 36.8 Å². The van der Waals surface area contributed by atoms with Crippen molar-refractivity contribution in [2.45, 2.75) is 19.3 Å². The van der Waals surface area contributed by atoms with Crippen LogP contribution in [0.15, 0.2) is 42.6 Å². The van der Waals surface area contributed by atoms with Gasteiger partial charge in [0.05, 0.1) is 11.9 Å². The minimum atomic E-state index is -0.223. The second kappa shape index (κ2) is 7.75. The zero-order valence-electron chi connectivity index (χ0n) is 15.1. The van der Waals surface area contributed by atoms with Crippen molar-refractivity contribution in [3.63, 3.8) is 0 Å². The van der Waals surface area contributed by atoms with E-state index in [0.29, 0.717) is 23.4 Å². The van der Waals surface area contributed by atoms with E-state index in [1.165, 1.54) is 30.0 Å². The lowest BCUT2D eigenvalue weighted by atomic mass is 10.1. The lowest BCUT2D eigenvalue weighted by molar-refractivity contribution is 0.0948. The van der Waals surface area contributed by atoms with Crippen molar-refractivity contribution < 1.29 is 9.90 Å². The molecule has 1 aliphatic heterocycles. The second-order valence-electron chi connectivity index (χ2n) is 6.82. The minimum absolute atomic E-state index is 0.0498. The van der Waals surface area contributed by atoms with Crippen LogP contribution in [-0.2, 0) is 0 Å². The molecule has 1 saturated heterocycles. The first-order valence-electron chi connectivity index (χ1n) is 9.36. The number of piperidine rings is 1. The topological polar surface area (TPSA) is 82.8 Å². The van der Waals surface area contributed by atoms with E-state index in [2.05, 4.69) is 20.3 Å². The van der Waals surface area contributed by atoms with Gasteiger partial charge in [0, 0.05) is 24.7 Å². The normalized spacial score (nSPS) is 15.1. The van der Waals surface area contributed by atoms with Gasteiger partial charge in [-0.3, -0.25) is 4.79 Å². The Kier molecular flexibility index (Phi) is 5.02. The van der Waals surface area contributed by atoms with E-state index < -0.39 is 0 Å². The first kappa shape index (κ1) is 17.5. The Morgan fingerprint density at radius 1 is 1.15 bits per heavy atom. The Labute approximate surface area is 157 Å². The summed E-state index contributed by atoms with van der Waals surface area (Å²) in [6.07, 6.45) is 5.21. The van der Waals surface area contributed by atoms with Crippen molar-refractivity contribution in [1.29, 1.82) is 0 Å². The standard InChI is InChI=1S/C20H23N5O2/c26-18-13-17(15-7-3-1-4-8-15)23-19-16(14-22-25(18)19)20(27)21-9-12-24-10-5-2-6-11-24/h1,3-4,7-8,13-14,26H,2,5-6,9-12H2,(H,21,27). The van der Waals surface area contributed by atoms with Gasteiger partial charge in [0.15, 0.2) is 5.65 Å². The number of fused-ring (bicyclic) bond motifs is 1. The van der Waals surface area contributed by atoms with Crippen LogP contribution >= 0.6 is 0 Å².